The van der Waals surface area contributed by atoms with E-state index in [2.05, 4.69) is 16.2 Å². The smallest absolute Gasteiger partial charge is 0.257 e. The maximum absolute atomic E-state index is 12.2. The Balaban J connectivity index is 1.67. The Hall–Kier alpha value is -2.55. The number of hydrogen-bond acceptors (Lipinski definition) is 5. The number of ether oxygens (including phenoxy) is 2. The standard InChI is InChI=1S/C20H21Cl2N3O4S/c1-2-28-15-6-3-5-13(11-15)19(27)23-20(30)25-24-18(26)7-4-10-29-17-9-8-14(21)12-16(17)22/h3,5-6,8-9,11-12H,2,4,7,10H2,1H3,(H,24,26)(H2,23,25,27,30). The van der Waals surface area contributed by atoms with Crippen molar-refractivity contribution in [3.63, 3.8) is 0 Å². The van der Waals surface area contributed by atoms with Gasteiger partial charge in [0.1, 0.15) is 11.5 Å². The molecule has 0 atom stereocenters. The summed E-state index contributed by atoms with van der Waals surface area (Å²) in [5.41, 5.74) is 5.29. The molecule has 2 rings (SSSR count). The highest BCUT2D eigenvalue weighted by Crippen LogP contribution is 2.27. The molecule has 0 aliphatic rings. The Morgan fingerprint density at radius 2 is 1.87 bits per heavy atom. The fraction of sp³-hybridized carbons (Fsp3) is 0.250. The Morgan fingerprint density at radius 1 is 1.07 bits per heavy atom. The monoisotopic (exact) mass is 469 g/mol. The van der Waals surface area contributed by atoms with E-state index in [1.807, 2.05) is 6.92 Å². The number of carbonyl (C=O) groups excluding carboxylic acids is 2. The molecule has 0 aliphatic carbocycles. The minimum absolute atomic E-state index is 0.0284. The third-order valence-corrected chi connectivity index (χ3v) is 4.38. The highest BCUT2D eigenvalue weighted by Gasteiger charge is 2.10. The van der Waals surface area contributed by atoms with Crippen molar-refractivity contribution in [3.8, 4) is 11.5 Å². The molecule has 0 aromatic heterocycles. The van der Waals surface area contributed by atoms with Gasteiger partial charge in [-0.15, -0.1) is 0 Å². The van der Waals surface area contributed by atoms with Crippen molar-refractivity contribution in [1.29, 1.82) is 0 Å². The molecule has 2 aromatic rings. The van der Waals surface area contributed by atoms with Crippen LogP contribution in [0.25, 0.3) is 0 Å². The maximum Gasteiger partial charge on any atom is 0.257 e. The zero-order valence-electron chi connectivity index (χ0n) is 16.2. The number of thiocarbonyl (C=S) groups is 1. The number of nitrogens with one attached hydrogen (secondary N) is 3. The molecule has 0 heterocycles. The number of hydrazine groups is 1. The summed E-state index contributed by atoms with van der Waals surface area (Å²) in [5, 5.41) is 3.37. The van der Waals surface area contributed by atoms with Crippen LogP contribution >= 0.6 is 35.4 Å². The van der Waals surface area contributed by atoms with E-state index >= 15 is 0 Å². The van der Waals surface area contributed by atoms with Gasteiger partial charge in [0, 0.05) is 17.0 Å². The third kappa shape index (κ3) is 8.06. The van der Waals surface area contributed by atoms with Gasteiger partial charge in [-0.2, -0.15) is 0 Å². The molecule has 0 unspecified atom stereocenters. The van der Waals surface area contributed by atoms with Gasteiger partial charge in [0.2, 0.25) is 5.91 Å². The van der Waals surface area contributed by atoms with E-state index in [1.165, 1.54) is 0 Å². The van der Waals surface area contributed by atoms with E-state index < -0.39 is 5.91 Å². The van der Waals surface area contributed by atoms with Gasteiger partial charge >= 0.3 is 0 Å². The summed E-state index contributed by atoms with van der Waals surface area (Å²) in [6, 6.07) is 11.6. The molecule has 0 aliphatic heterocycles. The summed E-state index contributed by atoms with van der Waals surface area (Å²) in [5.74, 6) is 0.351. The van der Waals surface area contributed by atoms with Gasteiger partial charge in [-0.1, -0.05) is 29.3 Å². The fourth-order valence-corrected chi connectivity index (χ4v) is 2.90. The Morgan fingerprint density at radius 3 is 2.60 bits per heavy atom. The van der Waals surface area contributed by atoms with Crippen molar-refractivity contribution < 1.29 is 19.1 Å². The van der Waals surface area contributed by atoms with Crippen molar-refractivity contribution in [2.75, 3.05) is 13.2 Å². The molecule has 0 fully saturated rings. The zero-order chi connectivity index (χ0) is 21.9. The maximum atomic E-state index is 12.2. The summed E-state index contributed by atoms with van der Waals surface area (Å²) < 4.78 is 10.9. The SMILES string of the molecule is CCOc1cccc(C(=O)NC(=S)NNC(=O)CCCOc2ccc(Cl)cc2Cl)c1. The van der Waals surface area contributed by atoms with Crippen LogP contribution < -0.4 is 25.6 Å². The number of amides is 2. The third-order valence-electron chi connectivity index (χ3n) is 3.65. The van der Waals surface area contributed by atoms with Crippen LogP contribution in [0.5, 0.6) is 11.5 Å². The molecular weight excluding hydrogens is 449 g/mol. The molecule has 30 heavy (non-hydrogen) atoms. The van der Waals surface area contributed by atoms with Gasteiger partial charge < -0.3 is 9.47 Å². The summed E-state index contributed by atoms with van der Waals surface area (Å²) in [7, 11) is 0. The van der Waals surface area contributed by atoms with Gasteiger partial charge in [-0.05, 0) is 62.0 Å². The fourth-order valence-electron chi connectivity index (χ4n) is 2.30. The van der Waals surface area contributed by atoms with Crippen molar-refractivity contribution in [2.24, 2.45) is 0 Å². The van der Waals surface area contributed by atoms with E-state index in [0.717, 1.165) is 0 Å². The molecule has 0 bridgehead atoms. The van der Waals surface area contributed by atoms with Gasteiger partial charge in [-0.3, -0.25) is 25.8 Å². The van der Waals surface area contributed by atoms with Crippen LogP contribution in [0.2, 0.25) is 10.0 Å². The van der Waals surface area contributed by atoms with E-state index in [4.69, 9.17) is 44.9 Å². The first-order valence-corrected chi connectivity index (χ1v) is 10.3. The second kappa shape index (κ2) is 12.2. The minimum atomic E-state index is -0.420. The lowest BCUT2D eigenvalue weighted by Gasteiger charge is -2.12. The molecule has 3 N–H and O–H groups in total. The predicted octanol–water partition coefficient (Wildman–Crippen LogP) is 3.89. The first kappa shape index (κ1) is 23.7. The lowest BCUT2D eigenvalue weighted by Crippen LogP contribution is -2.48. The second-order valence-electron chi connectivity index (χ2n) is 5.94. The van der Waals surface area contributed by atoms with Gasteiger partial charge in [-0.25, -0.2) is 0 Å². The van der Waals surface area contributed by atoms with Crippen LogP contribution in [-0.2, 0) is 4.79 Å². The number of hydrogen-bond donors (Lipinski definition) is 3. The minimum Gasteiger partial charge on any atom is -0.494 e. The van der Waals surface area contributed by atoms with Crippen LogP contribution in [0.15, 0.2) is 42.5 Å². The summed E-state index contributed by atoms with van der Waals surface area (Å²) in [6.07, 6.45) is 0.640. The van der Waals surface area contributed by atoms with E-state index in [0.29, 0.717) is 46.7 Å². The molecule has 0 saturated carbocycles. The molecule has 0 saturated heterocycles. The molecule has 2 aromatic carbocycles. The van der Waals surface area contributed by atoms with E-state index in [-0.39, 0.29) is 17.4 Å². The van der Waals surface area contributed by atoms with Gasteiger partial charge in [0.25, 0.3) is 5.91 Å². The Kier molecular flexibility index (Phi) is 9.66. The average Bonchev–Trinajstić information content (AvgIpc) is 2.71. The second-order valence-corrected chi connectivity index (χ2v) is 7.20. The average molecular weight is 470 g/mol. The Bertz CT molecular complexity index is 911. The number of rotatable bonds is 8. The molecule has 160 valence electrons. The van der Waals surface area contributed by atoms with E-state index in [9.17, 15) is 9.59 Å². The van der Waals surface area contributed by atoms with Crippen molar-refractivity contribution in [3.05, 3.63) is 58.1 Å². The van der Waals surface area contributed by atoms with Crippen LogP contribution in [0, 0.1) is 0 Å². The predicted molar refractivity (Wildman–Crippen MR) is 120 cm³/mol. The quantitative estimate of drug-likeness (QED) is 0.308. The zero-order valence-corrected chi connectivity index (χ0v) is 18.5. The highest BCUT2D eigenvalue weighted by atomic mass is 35.5. The van der Waals surface area contributed by atoms with Crippen LogP contribution in [0.4, 0.5) is 0 Å². The molecule has 0 spiro atoms. The topological polar surface area (TPSA) is 88.7 Å². The van der Waals surface area contributed by atoms with Crippen molar-refractivity contribution in [2.45, 2.75) is 19.8 Å². The molecule has 0 radical (unpaired) electrons. The van der Waals surface area contributed by atoms with Crippen molar-refractivity contribution >= 4 is 52.3 Å². The number of benzene rings is 2. The number of carbonyl (C=O) groups is 2. The Labute approximate surface area is 190 Å². The first-order chi connectivity index (χ1) is 14.4. The molecular formula is C20H21Cl2N3O4S. The molecule has 7 nitrogen and oxygen atoms in total. The lowest BCUT2D eigenvalue weighted by molar-refractivity contribution is -0.121. The van der Waals surface area contributed by atoms with Gasteiger partial charge in [0.15, 0.2) is 5.11 Å². The van der Waals surface area contributed by atoms with Gasteiger partial charge in [0.05, 0.1) is 18.2 Å². The summed E-state index contributed by atoms with van der Waals surface area (Å²) in [4.78, 5) is 24.1. The molecule has 2 amide bonds. The summed E-state index contributed by atoms with van der Waals surface area (Å²) >= 11 is 16.9. The molecule has 10 heteroatoms. The van der Waals surface area contributed by atoms with Crippen molar-refractivity contribution in [1.82, 2.24) is 16.2 Å². The largest absolute Gasteiger partial charge is 0.494 e. The van der Waals surface area contributed by atoms with Crippen LogP contribution in [0.1, 0.15) is 30.1 Å². The lowest BCUT2D eigenvalue weighted by atomic mass is 10.2. The van der Waals surface area contributed by atoms with E-state index in [1.54, 1.807) is 42.5 Å². The highest BCUT2D eigenvalue weighted by molar-refractivity contribution is 7.80. The van der Waals surface area contributed by atoms with Crippen LogP contribution in [-0.4, -0.2) is 30.1 Å². The first-order valence-electron chi connectivity index (χ1n) is 9.10. The summed E-state index contributed by atoms with van der Waals surface area (Å²) in [6.45, 7) is 2.65. The number of halogens is 2. The normalized spacial score (nSPS) is 10.1. The van der Waals surface area contributed by atoms with Crippen LogP contribution in [0.3, 0.4) is 0 Å².